The zero-order valence-corrected chi connectivity index (χ0v) is 14.2. The number of aromatic nitrogens is 1. The van der Waals surface area contributed by atoms with E-state index in [1.807, 2.05) is 0 Å². The number of thiophene rings is 1. The highest BCUT2D eigenvalue weighted by atomic mass is 32.1. The van der Waals surface area contributed by atoms with Gasteiger partial charge >= 0.3 is 0 Å². The maximum atomic E-state index is 4.75. The van der Waals surface area contributed by atoms with Crippen LogP contribution in [0.2, 0.25) is 0 Å². The molecule has 3 heterocycles. The van der Waals surface area contributed by atoms with Crippen molar-refractivity contribution >= 4 is 27.4 Å². The molecule has 0 atom stereocenters. The predicted octanol–water partition coefficient (Wildman–Crippen LogP) is 4.34. The minimum absolute atomic E-state index is 0.813. The maximum Gasteiger partial charge on any atom is 0.139 e. The van der Waals surface area contributed by atoms with Gasteiger partial charge in [-0.3, -0.25) is 4.99 Å². The number of aryl methyl sites for hydroxylation is 2. The van der Waals surface area contributed by atoms with Gasteiger partial charge < -0.3 is 5.32 Å². The van der Waals surface area contributed by atoms with Gasteiger partial charge in [-0.05, 0) is 44.2 Å². The van der Waals surface area contributed by atoms with Gasteiger partial charge in [0.05, 0.1) is 11.4 Å². The molecule has 1 aliphatic carbocycles. The van der Waals surface area contributed by atoms with Crippen LogP contribution in [0, 0.1) is 19.8 Å². The number of aliphatic imine (C=N–C) groups is 1. The molecule has 1 N–H and O–H groups in total. The topological polar surface area (TPSA) is 37.3 Å². The molecule has 0 bridgehead atoms. The Hall–Kier alpha value is -1.42. The number of nitrogens with one attached hydrogen (secondary N) is 1. The van der Waals surface area contributed by atoms with Crippen molar-refractivity contribution < 1.29 is 0 Å². The third-order valence-electron chi connectivity index (χ3n) is 4.98. The second kappa shape index (κ2) is 5.65. The molecular weight excluding hydrogens is 290 g/mol. The molecule has 0 unspecified atom stereocenters. The quantitative estimate of drug-likeness (QED) is 0.895. The lowest BCUT2D eigenvalue weighted by molar-refractivity contribution is 0.357. The Morgan fingerprint density at radius 3 is 2.86 bits per heavy atom. The lowest BCUT2D eigenvalue weighted by Gasteiger charge is -2.22. The Morgan fingerprint density at radius 1 is 1.23 bits per heavy atom. The van der Waals surface area contributed by atoms with Crippen molar-refractivity contribution in [2.45, 2.75) is 52.5 Å². The molecule has 0 saturated heterocycles. The molecule has 0 spiro atoms. The summed E-state index contributed by atoms with van der Waals surface area (Å²) in [6.45, 7) is 6.16. The first-order chi connectivity index (χ1) is 10.7. The Bertz CT molecular complexity index is 738. The molecule has 1 aliphatic heterocycles. The molecule has 2 aromatic rings. The van der Waals surface area contributed by atoms with Crippen molar-refractivity contribution in [2.75, 3.05) is 6.54 Å². The summed E-state index contributed by atoms with van der Waals surface area (Å²) >= 11 is 1.81. The van der Waals surface area contributed by atoms with Crippen LogP contribution >= 0.6 is 11.3 Å². The first kappa shape index (κ1) is 14.2. The number of fused-ring (bicyclic) bond motifs is 3. The first-order valence-electron chi connectivity index (χ1n) is 8.40. The van der Waals surface area contributed by atoms with Crippen LogP contribution in [-0.2, 0) is 6.54 Å². The summed E-state index contributed by atoms with van der Waals surface area (Å²) in [5.41, 5.74) is 3.83. The van der Waals surface area contributed by atoms with E-state index >= 15 is 0 Å². The summed E-state index contributed by atoms with van der Waals surface area (Å²) < 4.78 is 0. The van der Waals surface area contributed by atoms with Gasteiger partial charge in [0.1, 0.15) is 10.7 Å². The van der Waals surface area contributed by atoms with E-state index in [1.165, 1.54) is 58.3 Å². The Morgan fingerprint density at radius 2 is 2.05 bits per heavy atom. The number of pyridine rings is 1. The van der Waals surface area contributed by atoms with Crippen LogP contribution in [0.1, 0.15) is 53.8 Å². The van der Waals surface area contributed by atoms with E-state index in [1.54, 1.807) is 11.3 Å². The van der Waals surface area contributed by atoms with Gasteiger partial charge in [-0.25, -0.2) is 4.98 Å². The minimum Gasteiger partial charge on any atom is -0.369 e. The summed E-state index contributed by atoms with van der Waals surface area (Å²) in [6.07, 6.45) is 6.96. The molecule has 1 saturated carbocycles. The van der Waals surface area contributed by atoms with Gasteiger partial charge in [0.15, 0.2) is 0 Å². The van der Waals surface area contributed by atoms with Gasteiger partial charge in [-0.2, -0.15) is 0 Å². The van der Waals surface area contributed by atoms with Crippen LogP contribution in [0.5, 0.6) is 0 Å². The minimum atomic E-state index is 0.813. The van der Waals surface area contributed by atoms with Gasteiger partial charge in [0.25, 0.3) is 0 Å². The van der Waals surface area contributed by atoms with Gasteiger partial charge in [-0.1, -0.05) is 19.3 Å². The monoisotopic (exact) mass is 313 g/mol. The average molecular weight is 313 g/mol. The largest absolute Gasteiger partial charge is 0.369 e. The Balaban J connectivity index is 1.57. The molecule has 2 aromatic heterocycles. The highest BCUT2D eigenvalue weighted by molar-refractivity contribution is 7.20. The maximum absolute atomic E-state index is 4.75. The second-order valence-corrected chi connectivity index (χ2v) is 7.72. The smallest absolute Gasteiger partial charge is 0.139 e. The molecule has 116 valence electrons. The summed E-state index contributed by atoms with van der Waals surface area (Å²) in [5.74, 6) is 1.94. The van der Waals surface area contributed by atoms with E-state index in [0.717, 1.165) is 30.5 Å². The lowest BCUT2D eigenvalue weighted by atomic mass is 9.89. The highest BCUT2D eigenvalue weighted by Crippen LogP contribution is 2.36. The number of nitrogens with zero attached hydrogens (tertiary/aromatic N) is 2. The molecule has 0 amide bonds. The predicted molar refractivity (Wildman–Crippen MR) is 93.9 cm³/mol. The van der Waals surface area contributed by atoms with Gasteiger partial charge in [0, 0.05) is 23.2 Å². The highest BCUT2D eigenvalue weighted by Gasteiger charge is 2.24. The molecule has 4 heteroatoms. The van der Waals surface area contributed by atoms with Crippen LogP contribution in [0.25, 0.3) is 10.2 Å². The summed E-state index contributed by atoms with van der Waals surface area (Å²) in [4.78, 5) is 12.0. The van der Waals surface area contributed by atoms with Crippen molar-refractivity contribution in [3.63, 3.8) is 0 Å². The second-order valence-electron chi connectivity index (χ2n) is 6.72. The fourth-order valence-corrected chi connectivity index (χ4v) is 5.15. The van der Waals surface area contributed by atoms with Gasteiger partial charge in [0.2, 0.25) is 0 Å². The van der Waals surface area contributed by atoms with Crippen LogP contribution < -0.4 is 5.32 Å². The molecule has 1 fully saturated rings. The van der Waals surface area contributed by atoms with Crippen LogP contribution in [0.4, 0.5) is 0 Å². The van der Waals surface area contributed by atoms with Crippen LogP contribution in [-0.4, -0.2) is 17.4 Å². The first-order valence-corrected chi connectivity index (χ1v) is 9.22. The number of hydrogen-bond acceptors (Lipinski definition) is 4. The van der Waals surface area contributed by atoms with Crippen molar-refractivity contribution in [3.05, 3.63) is 27.8 Å². The molecule has 3 nitrogen and oxygen atoms in total. The fraction of sp³-hybridized carbons (Fsp3) is 0.556. The third kappa shape index (κ3) is 2.43. The van der Waals surface area contributed by atoms with Crippen LogP contribution in [0.3, 0.4) is 0 Å². The Kier molecular flexibility index (Phi) is 3.65. The average Bonchev–Trinajstić information content (AvgIpc) is 3.04. The number of amidine groups is 1. The molecule has 4 rings (SSSR count). The van der Waals surface area contributed by atoms with E-state index in [4.69, 9.17) is 9.98 Å². The molecule has 0 aromatic carbocycles. The van der Waals surface area contributed by atoms with Crippen molar-refractivity contribution in [3.8, 4) is 0 Å². The van der Waals surface area contributed by atoms with E-state index in [0.29, 0.717) is 0 Å². The fourth-order valence-electron chi connectivity index (χ4n) is 3.86. The zero-order chi connectivity index (χ0) is 15.1. The van der Waals surface area contributed by atoms with Crippen molar-refractivity contribution in [1.29, 1.82) is 0 Å². The van der Waals surface area contributed by atoms with E-state index in [2.05, 4.69) is 25.2 Å². The van der Waals surface area contributed by atoms with Crippen molar-refractivity contribution in [2.24, 2.45) is 10.9 Å². The molecule has 0 radical (unpaired) electrons. The summed E-state index contributed by atoms with van der Waals surface area (Å²) in [6, 6.07) is 2.18. The summed E-state index contributed by atoms with van der Waals surface area (Å²) in [5, 5.41) is 4.97. The normalized spacial score (nSPS) is 18.5. The van der Waals surface area contributed by atoms with E-state index < -0.39 is 0 Å². The third-order valence-corrected chi connectivity index (χ3v) is 6.11. The lowest BCUT2D eigenvalue weighted by Crippen LogP contribution is -2.29. The molecule has 22 heavy (non-hydrogen) atoms. The van der Waals surface area contributed by atoms with Crippen LogP contribution in [0.15, 0.2) is 11.1 Å². The van der Waals surface area contributed by atoms with Gasteiger partial charge in [-0.15, -0.1) is 11.3 Å². The van der Waals surface area contributed by atoms with E-state index in [9.17, 15) is 0 Å². The molecule has 2 aliphatic rings. The number of hydrogen-bond donors (Lipinski definition) is 1. The zero-order valence-electron chi connectivity index (χ0n) is 13.4. The standard InChI is InChI=1S/C18H23N3S/c1-11-8-12(2)21-18-15(11)14-10-20-17(16(14)22-18)19-9-13-6-4-3-5-7-13/h8,13H,3-7,9-10H2,1-2H3,(H,19,20). The Labute approximate surface area is 135 Å². The van der Waals surface area contributed by atoms with Crippen molar-refractivity contribution in [1.82, 2.24) is 10.3 Å². The SMILES string of the molecule is Cc1cc(C)c2c3c(sc2n1)C(NCC1CCCCC1)=NC3. The van der Waals surface area contributed by atoms with E-state index in [-0.39, 0.29) is 0 Å². The molecular formula is C18H23N3S. The number of rotatable bonds is 2. The summed E-state index contributed by atoms with van der Waals surface area (Å²) in [7, 11) is 0.